The Hall–Kier alpha value is -0.300. The summed E-state index contributed by atoms with van der Waals surface area (Å²) in [6.07, 6.45) is 6.80. The van der Waals surface area contributed by atoms with Gasteiger partial charge in [0.1, 0.15) is 0 Å². The number of unbranched alkanes of at least 4 members (excludes halogenated alkanes) is 1. The van der Waals surface area contributed by atoms with Crippen LogP contribution in [0.5, 0.6) is 0 Å². The normalized spacial score (nSPS) is 14.8. The van der Waals surface area contributed by atoms with Crippen molar-refractivity contribution in [2.75, 3.05) is 6.61 Å². The Morgan fingerprint density at radius 1 is 1.50 bits per heavy atom. The van der Waals surface area contributed by atoms with Crippen molar-refractivity contribution in [1.82, 2.24) is 0 Å². The second-order valence-corrected chi connectivity index (χ2v) is 3.66. The Labute approximate surface area is 76.5 Å². The molecule has 0 heterocycles. The molecule has 0 bridgehead atoms. The quantitative estimate of drug-likeness (QED) is 0.607. The van der Waals surface area contributed by atoms with Gasteiger partial charge in [-0.1, -0.05) is 31.9 Å². The van der Waals surface area contributed by atoms with E-state index in [1.54, 1.807) is 0 Å². The molecule has 0 aromatic heterocycles. The lowest BCUT2D eigenvalue weighted by Crippen LogP contribution is -1.98. The van der Waals surface area contributed by atoms with Gasteiger partial charge in [0.2, 0.25) is 0 Å². The standard InChI is InChI=1S/C11H22O/c1-4-5-6-10(2)9-11(3)7-8-12/h6,11-12H,4-5,7-9H2,1-3H3. The summed E-state index contributed by atoms with van der Waals surface area (Å²) in [6.45, 7) is 6.90. The van der Waals surface area contributed by atoms with E-state index in [0.29, 0.717) is 12.5 Å². The van der Waals surface area contributed by atoms with Crippen molar-refractivity contribution in [1.29, 1.82) is 0 Å². The molecule has 1 nitrogen and oxygen atoms in total. The topological polar surface area (TPSA) is 20.2 Å². The van der Waals surface area contributed by atoms with Crippen LogP contribution in [0.25, 0.3) is 0 Å². The van der Waals surface area contributed by atoms with Gasteiger partial charge in [-0.05, 0) is 32.1 Å². The molecular weight excluding hydrogens is 148 g/mol. The second kappa shape index (κ2) is 7.35. The molecule has 0 amide bonds. The van der Waals surface area contributed by atoms with Crippen LogP contribution >= 0.6 is 0 Å². The molecule has 0 aliphatic rings. The van der Waals surface area contributed by atoms with Gasteiger partial charge in [0.05, 0.1) is 0 Å². The van der Waals surface area contributed by atoms with E-state index in [1.165, 1.54) is 18.4 Å². The third-order valence-corrected chi connectivity index (χ3v) is 2.07. The maximum absolute atomic E-state index is 8.71. The maximum atomic E-state index is 8.71. The minimum absolute atomic E-state index is 0.322. The maximum Gasteiger partial charge on any atom is 0.0433 e. The third-order valence-electron chi connectivity index (χ3n) is 2.07. The number of aliphatic hydroxyl groups excluding tert-OH is 1. The van der Waals surface area contributed by atoms with Crippen LogP contribution in [0.1, 0.15) is 46.5 Å². The van der Waals surface area contributed by atoms with Gasteiger partial charge in [-0.3, -0.25) is 0 Å². The van der Waals surface area contributed by atoms with E-state index in [9.17, 15) is 0 Å². The minimum Gasteiger partial charge on any atom is -0.396 e. The summed E-state index contributed by atoms with van der Waals surface area (Å²) in [5.41, 5.74) is 1.47. The lowest BCUT2D eigenvalue weighted by atomic mass is 9.98. The van der Waals surface area contributed by atoms with Crippen LogP contribution in [0, 0.1) is 5.92 Å². The van der Waals surface area contributed by atoms with Crippen LogP contribution in [-0.2, 0) is 0 Å². The Morgan fingerprint density at radius 2 is 2.17 bits per heavy atom. The zero-order valence-corrected chi connectivity index (χ0v) is 8.64. The lowest BCUT2D eigenvalue weighted by Gasteiger charge is -2.09. The van der Waals surface area contributed by atoms with Gasteiger partial charge in [-0.2, -0.15) is 0 Å². The molecule has 1 atom stereocenters. The van der Waals surface area contributed by atoms with E-state index in [4.69, 9.17) is 5.11 Å². The highest BCUT2D eigenvalue weighted by atomic mass is 16.2. The first kappa shape index (κ1) is 11.7. The molecule has 0 rings (SSSR count). The van der Waals surface area contributed by atoms with Crippen molar-refractivity contribution in [3.63, 3.8) is 0 Å². The molecule has 0 spiro atoms. The van der Waals surface area contributed by atoms with Crippen molar-refractivity contribution in [2.45, 2.75) is 46.5 Å². The van der Waals surface area contributed by atoms with Crippen LogP contribution in [0.4, 0.5) is 0 Å². The number of allylic oxidation sites excluding steroid dienone is 2. The molecule has 0 saturated heterocycles. The van der Waals surface area contributed by atoms with Gasteiger partial charge in [-0.15, -0.1) is 0 Å². The van der Waals surface area contributed by atoms with Gasteiger partial charge in [0.15, 0.2) is 0 Å². The SMILES string of the molecule is CCCC=C(C)CC(C)CCO. The molecular formula is C11H22O. The van der Waals surface area contributed by atoms with Crippen molar-refractivity contribution in [2.24, 2.45) is 5.92 Å². The van der Waals surface area contributed by atoms with E-state index in [0.717, 1.165) is 12.8 Å². The van der Waals surface area contributed by atoms with Gasteiger partial charge in [0.25, 0.3) is 0 Å². The van der Waals surface area contributed by atoms with E-state index in [2.05, 4.69) is 26.8 Å². The highest BCUT2D eigenvalue weighted by Gasteiger charge is 2.01. The van der Waals surface area contributed by atoms with Gasteiger partial charge < -0.3 is 5.11 Å². The van der Waals surface area contributed by atoms with Crippen LogP contribution in [0.2, 0.25) is 0 Å². The summed E-state index contributed by atoms with van der Waals surface area (Å²) in [5, 5.41) is 8.71. The number of hydrogen-bond donors (Lipinski definition) is 1. The molecule has 0 radical (unpaired) electrons. The molecule has 0 aromatic rings. The molecule has 1 N–H and O–H groups in total. The average Bonchev–Trinajstić information content (AvgIpc) is 2.01. The minimum atomic E-state index is 0.322. The Balaban J connectivity index is 3.59. The fourth-order valence-electron chi connectivity index (χ4n) is 1.35. The third kappa shape index (κ3) is 6.41. The number of aliphatic hydroxyl groups is 1. The van der Waals surface area contributed by atoms with E-state index in [-0.39, 0.29) is 0 Å². The van der Waals surface area contributed by atoms with E-state index < -0.39 is 0 Å². The number of hydrogen-bond acceptors (Lipinski definition) is 1. The smallest absolute Gasteiger partial charge is 0.0433 e. The van der Waals surface area contributed by atoms with Crippen molar-refractivity contribution in [3.05, 3.63) is 11.6 Å². The molecule has 0 aromatic carbocycles. The van der Waals surface area contributed by atoms with E-state index >= 15 is 0 Å². The second-order valence-electron chi connectivity index (χ2n) is 3.66. The van der Waals surface area contributed by atoms with Crippen LogP contribution in [-0.4, -0.2) is 11.7 Å². The molecule has 12 heavy (non-hydrogen) atoms. The Kier molecular flexibility index (Phi) is 7.17. The zero-order valence-electron chi connectivity index (χ0n) is 8.64. The Morgan fingerprint density at radius 3 is 2.67 bits per heavy atom. The van der Waals surface area contributed by atoms with Crippen LogP contribution in [0.15, 0.2) is 11.6 Å². The molecule has 72 valence electrons. The number of rotatable bonds is 6. The predicted molar refractivity (Wildman–Crippen MR) is 54.1 cm³/mol. The first-order valence-corrected chi connectivity index (χ1v) is 4.97. The largest absolute Gasteiger partial charge is 0.396 e. The molecule has 0 fully saturated rings. The summed E-state index contributed by atoms with van der Waals surface area (Å²) < 4.78 is 0. The molecule has 0 aliphatic heterocycles. The van der Waals surface area contributed by atoms with Crippen LogP contribution < -0.4 is 0 Å². The Bertz CT molecular complexity index is 127. The van der Waals surface area contributed by atoms with E-state index in [1.807, 2.05) is 0 Å². The van der Waals surface area contributed by atoms with Crippen molar-refractivity contribution < 1.29 is 5.11 Å². The summed E-state index contributed by atoms with van der Waals surface area (Å²) >= 11 is 0. The first-order chi connectivity index (χ1) is 5.70. The highest BCUT2D eigenvalue weighted by molar-refractivity contribution is 4.98. The van der Waals surface area contributed by atoms with Gasteiger partial charge in [0, 0.05) is 6.61 Å². The average molecular weight is 170 g/mol. The fourth-order valence-corrected chi connectivity index (χ4v) is 1.35. The van der Waals surface area contributed by atoms with Crippen molar-refractivity contribution in [3.8, 4) is 0 Å². The summed E-state index contributed by atoms with van der Waals surface area (Å²) in [5.74, 6) is 0.628. The zero-order chi connectivity index (χ0) is 9.40. The van der Waals surface area contributed by atoms with Crippen molar-refractivity contribution >= 4 is 0 Å². The predicted octanol–water partition coefficient (Wildman–Crippen LogP) is 3.14. The first-order valence-electron chi connectivity index (χ1n) is 4.97. The lowest BCUT2D eigenvalue weighted by molar-refractivity contribution is 0.262. The monoisotopic (exact) mass is 170 g/mol. The fraction of sp³-hybridized carbons (Fsp3) is 0.818. The molecule has 1 heteroatoms. The summed E-state index contributed by atoms with van der Waals surface area (Å²) in [7, 11) is 0. The van der Waals surface area contributed by atoms with Crippen LogP contribution in [0.3, 0.4) is 0 Å². The highest BCUT2D eigenvalue weighted by Crippen LogP contribution is 2.14. The molecule has 0 saturated carbocycles. The van der Waals surface area contributed by atoms with Gasteiger partial charge >= 0.3 is 0 Å². The summed E-state index contributed by atoms with van der Waals surface area (Å²) in [6, 6.07) is 0. The van der Waals surface area contributed by atoms with Gasteiger partial charge in [-0.25, -0.2) is 0 Å². The summed E-state index contributed by atoms with van der Waals surface area (Å²) in [4.78, 5) is 0. The molecule has 1 unspecified atom stereocenters. The molecule has 0 aliphatic carbocycles.